The van der Waals surface area contributed by atoms with Crippen LogP contribution in [0.4, 0.5) is 0 Å². The molecule has 2 rings (SSSR count). The van der Waals surface area contributed by atoms with Crippen LogP contribution >= 0.6 is 22.6 Å². The van der Waals surface area contributed by atoms with Gasteiger partial charge in [-0.05, 0) is 48.6 Å². The van der Waals surface area contributed by atoms with Gasteiger partial charge in [0, 0.05) is 3.57 Å². The number of halogens is 1. The van der Waals surface area contributed by atoms with Crippen molar-refractivity contribution in [3.63, 3.8) is 0 Å². The predicted octanol–water partition coefficient (Wildman–Crippen LogP) is 3.56. The van der Waals surface area contributed by atoms with Gasteiger partial charge in [0.1, 0.15) is 5.76 Å². The SMILES string of the molecule is Cc1ccc(I)c(-c2ncc(C)o2)c1. The van der Waals surface area contributed by atoms with Gasteiger partial charge in [0.05, 0.1) is 11.8 Å². The molecule has 0 saturated carbocycles. The maximum Gasteiger partial charge on any atom is 0.227 e. The molecule has 0 spiro atoms. The lowest BCUT2D eigenvalue weighted by Gasteiger charge is -2.00. The first-order valence-electron chi connectivity index (χ1n) is 4.36. The molecule has 2 aromatic rings. The zero-order valence-corrected chi connectivity index (χ0v) is 10.2. The highest BCUT2D eigenvalue weighted by Gasteiger charge is 2.08. The number of nitrogens with zero attached hydrogens (tertiary/aromatic N) is 1. The van der Waals surface area contributed by atoms with Crippen molar-refractivity contribution >= 4 is 22.6 Å². The van der Waals surface area contributed by atoms with Crippen LogP contribution in [0.1, 0.15) is 11.3 Å². The van der Waals surface area contributed by atoms with E-state index in [-0.39, 0.29) is 0 Å². The molecule has 0 aliphatic carbocycles. The Hall–Kier alpha value is -0.840. The fourth-order valence-electron chi connectivity index (χ4n) is 1.28. The van der Waals surface area contributed by atoms with Crippen molar-refractivity contribution < 1.29 is 4.42 Å². The molecule has 0 fully saturated rings. The second-order valence-corrected chi connectivity index (χ2v) is 4.42. The van der Waals surface area contributed by atoms with Gasteiger partial charge in [-0.25, -0.2) is 4.98 Å². The first kappa shape index (κ1) is 9.71. The molecular formula is C11H10INO. The van der Waals surface area contributed by atoms with Crippen LogP contribution in [-0.4, -0.2) is 4.98 Å². The number of oxazole rings is 1. The lowest BCUT2D eigenvalue weighted by molar-refractivity contribution is 0.542. The van der Waals surface area contributed by atoms with Crippen LogP contribution in [0.25, 0.3) is 11.5 Å². The number of benzene rings is 1. The summed E-state index contributed by atoms with van der Waals surface area (Å²) in [6.45, 7) is 3.97. The largest absolute Gasteiger partial charge is 0.441 e. The van der Waals surface area contributed by atoms with Crippen molar-refractivity contribution in [2.24, 2.45) is 0 Å². The molecule has 72 valence electrons. The highest BCUT2D eigenvalue weighted by molar-refractivity contribution is 14.1. The van der Waals surface area contributed by atoms with Gasteiger partial charge >= 0.3 is 0 Å². The fourth-order valence-corrected chi connectivity index (χ4v) is 1.85. The third-order valence-electron chi connectivity index (χ3n) is 1.97. The molecule has 0 unspecified atom stereocenters. The number of aromatic nitrogens is 1. The Morgan fingerprint density at radius 1 is 1.29 bits per heavy atom. The Morgan fingerprint density at radius 2 is 2.07 bits per heavy atom. The summed E-state index contributed by atoms with van der Waals surface area (Å²) in [7, 11) is 0. The van der Waals surface area contributed by atoms with Crippen LogP contribution in [0.2, 0.25) is 0 Å². The number of aryl methyl sites for hydroxylation is 2. The average Bonchev–Trinajstić information content (AvgIpc) is 2.56. The zero-order chi connectivity index (χ0) is 10.1. The van der Waals surface area contributed by atoms with E-state index in [1.54, 1.807) is 6.20 Å². The van der Waals surface area contributed by atoms with E-state index in [1.165, 1.54) is 5.56 Å². The van der Waals surface area contributed by atoms with E-state index in [2.05, 4.69) is 52.7 Å². The van der Waals surface area contributed by atoms with Crippen LogP contribution in [0.5, 0.6) is 0 Å². The van der Waals surface area contributed by atoms with Crippen molar-refractivity contribution in [2.75, 3.05) is 0 Å². The second kappa shape index (κ2) is 3.73. The predicted molar refractivity (Wildman–Crippen MR) is 64.1 cm³/mol. The normalized spacial score (nSPS) is 10.5. The molecule has 2 nitrogen and oxygen atoms in total. The topological polar surface area (TPSA) is 26.0 Å². The average molecular weight is 299 g/mol. The molecule has 0 radical (unpaired) electrons. The first-order chi connectivity index (χ1) is 6.66. The number of hydrogen-bond acceptors (Lipinski definition) is 2. The third-order valence-corrected chi connectivity index (χ3v) is 2.91. The lowest BCUT2D eigenvalue weighted by atomic mass is 10.1. The molecule has 0 amide bonds. The summed E-state index contributed by atoms with van der Waals surface area (Å²) >= 11 is 2.29. The van der Waals surface area contributed by atoms with Crippen LogP contribution in [0.15, 0.2) is 28.8 Å². The summed E-state index contributed by atoms with van der Waals surface area (Å²) in [6.07, 6.45) is 1.74. The summed E-state index contributed by atoms with van der Waals surface area (Å²) in [4.78, 5) is 4.22. The minimum atomic E-state index is 0.704. The van der Waals surface area contributed by atoms with Gasteiger partial charge in [-0.15, -0.1) is 0 Å². The van der Waals surface area contributed by atoms with E-state index < -0.39 is 0 Å². The van der Waals surface area contributed by atoms with Gasteiger partial charge < -0.3 is 4.42 Å². The van der Waals surface area contributed by atoms with Crippen molar-refractivity contribution in [3.8, 4) is 11.5 Å². The zero-order valence-electron chi connectivity index (χ0n) is 8.04. The molecule has 0 aliphatic heterocycles. The molecule has 1 heterocycles. The van der Waals surface area contributed by atoms with Crippen LogP contribution in [0.3, 0.4) is 0 Å². The van der Waals surface area contributed by atoms with Gasteiger partial charge in [0.15, 0.2) is 0 Å². The minimum Gasteiger partial charge on any atom is -0.441 e. The van der Waals surface area contributed by atoms with E-state index in [4.69, 9.17) is 4.42 Å². The number of rotatable bonds is 1. The van der Waals surface area contributed by atoms with Gasteiger partial charge in [0.2, 0.25) is 5.89 Å². The van der Waals surface area contributed by atoms with Crippen molar-refractivity contribution in [1.82, 2.24) is 4.98 Å². The maximum atomic E-state index is 5.49. The van der Waals surface area contributed by atoms with Crippen LogP contribution in [0, 0.1) is 17.4 Å². The fraction of sp³-hybridized carbons (Fsp3) is 0.182. The summed E-state index contributed by atoms with van der Waals surface area (Å²) in [5.74, 6) is 1.55. The Balaban J connectivity index is 2.55. The van der Waals surface area contributed by atoms with Gasteiger partial charge in [-0.3, -0.25) is 0 Å². The summed E-state index contributed by atoms with van der Waals surface area (Å²) in [5, 5.41) is 0. The van der Waals surface area contributed by atoms with Gasteiger partial charge in [0.25, 0.3) is 0 Å². The number of hydrogen-bond donors (Lipinski definition) is 0. The molecule has 0 N–H and O–H groups in total. The summed E-state index contributed by atoms with van der Waals surface area (Å²) in [6, 6.07) is 6.25. The second-order valence-electron chi connectivity index (χ2n) is 3.26. The van der Waals surface area contributed by atoms with Crippen molar-refractivity contribution in [1.29, 1.82) is 0 Å². The Kier molecular flexibility index (Phi) is 2.58. The summed E-state index contributed by atoms with van der Waals surface area (Å²) < 4.78 is 6.65. The van der Waals surface area contributed by atoms with Crippen molar-refractivity contribution in [2.45, 2.75) is 13.8 Å². The van der Waals surface area contributed by atoms with Gasteiger partial charge in [-0.1, -0.05) is 11.6 Å². The summed E-state index contributed by atoms with van der Waals surface area (Å²) in [5.41, 5.74) is 2.29. The van der Waals surface area contributed by atoms with Crippen LogP contribution in [-0.2, 0) is 0 Å². The smallest absolute Gasteiger partial charge is 0.227 e. The van der Waals surface area contributed by atoms with E-state index in [0.717, 1.165) is 14.9 Å². The Morgan fingerprint density at radius 3 is 2.71 bits per heavy atom. The van der Waals surface area contributed by atoms with Crippen molar-refractivity contribution in [3.05, 3.63) is 39.3 Å². The highest BCUT2D eigenvalue weighted by atomic mass is 127. The molecular weight excluding hydrogens is 289 g/mol. The Bertz CT molecular complexity index is 462. The molecule has 0 bridgehead atoms. The highest BCUT2D eigenvalue weighted by Crippen LogP contribution is 2.25. The molecule has 0 saturated heterocycles. The Labute approximate surface area is 96.5 Å². The molecule has 1 aromatic carbocycles. The van der Waals surface area contributed by atoms with E-state index >= 15 is 0 Å². The van der Waals surface area contributed by atoms with Crippen LogP contribution < -0.4 is 0 Å². The first-order valence-corrected chi connectivity index (χ1v) is 5.43. The van der Waals surface area contributed by atoms with E-state index in [0.29, 0.717) is 5.89 Å². The quantitative estimate of drug-likeness (QED) is 0.752. The third kappa shape index (κ3) is 1.82. The van der Waals surface area contributed by atoms with Gasteiger partial charge in [-0.2, -0.15) is 0 Å². The monoisotopic (exact) mass is 299 g/mol. The minimum absolute atomic E-state index is 0.704. The molecule has 1 aromatic heterocycles. The molecule has 3 heteroatoms. The van der Waals surface area contributed by atoms with E-state index in [9.17, 15) is 0 Å². The maximum absolute atomic E-state index is 5.49. The molecule has 14 heavy (non-hydrogen) atoms. The lowest BCUT2D eigenvalue weighted by Crippen LogP contribution is -1.83. The molecule has 0 atom stereocenters. The van der Waals surface area contributed by atoms with E-state index in [1.807, 2.05) is 6.92 Å². The molecule has 0 aliphatic rings. The standard InChI is InChI=1S/C11H10INO/c1-7-3-4-10(12)9(5-7)11-13-6-8(2)14-11/h3-6H,1-2H3.